The van der Waals surface area contributed by atoms with Crippen molar-refractivity contribution in [2.75, 3.05) is 0 Å². The van der Waals surface area contributed by atoms with Crippen LogP contribution in [0, 0.1) is 0 Å². The number of benzene rings is 2. The van der Waals surface area contributed by atoms with Gasteiger partial charge >= 0.3 is 23.9 Å². The molecule has 31 heavy (non-hydrogen) atoms. The summed E-state index contributed by atoms with van der Waals surface area (Å²) in [6.45, 7) is 4.13. The maximum Gasteiger partial charge on any atom is 0.346 e. The summed E-state index contributed by atoms with van der Waals surface area (Å²) in [6, 6.07) is 6.82. The number of carbonyl (C=O) groups is 4. The van der Waals surface area contributed by atoms with Gasteiger partial charge in [-0.2, -0.15) is 0 Å². The van der Waals surface area contributed by atoms with Crippen LogP contribution in [0.15, 0.2) is 71.9 Å². The lowest BCUT2D eigenvalue weighted by molar-refractivity contribution is -0.154. The van der Waals surface area contributed by atoms with E-state index in [2.05, 4.69) is 6.58 Å². The third-order valence-electron chi connectivity index (χ3n) is 6.02. The van der Waals surface area contributed by atoms with Gasteiger partial charge in [-0.05, 0) is 63.9 Å². The lowest BCUT2D eigenvalue weighted by Crippen LogP contribution is -2.25. The van der Waals surface area contributed by atoms with Crippen LogP contribution in [0.2, 0.25) is 0 Å². The first kappa shape index (κ1) is 17.5. The minimum Gasteiger partial charge on any atom is -0.386 e. The Morgan fingerprint density at radius 2 is 1.29 bits per heavy atom. The monoisotopic (exact) mass is 408 g/mol. The number of fused-ring (bicyclic) bond motifs is 2. The molecule has 0 saturated carbocycles. The standard InChI is InChI=1S/C25H12O6/c1-11-2-4-15-19-10-12(3-5-16(19)23(27)30-22(15)26)14-7-9-18-21-17(24(28)31-25(18)29)8-6-13(11)20(14)21/h2-9H,1,10H2/b4-2-. The van der Waals surface area contributed by atoms with Crippen LogP contribution >= 0.6 is 0 Å². The van der Waals surface area contributed by atoms with Gasteiger partial charge in [0.25, 0.3) is 0 Å². The van der Waals surface area contributed by atoms with E-state index < -0.39 is 23.9 Å². The maximum atomic E-state index is 12.4. The summed E-state index contributed by atoms with van der Waals surface area (Å²) in [7, 11) is 0. The average Bonchev–Trinajstić information content (AvgIpc) is 2.75. The first-order chi connectivity index (χ1) is 14.9. The molecule has 2 aromatic rings. The minimum absolute atomic E-state index is 0.311. The highest BCUT2D eigenvalue weighted by Gasteiger charge is 2.35. The van der Waals surface area contributed by atoms with Crippen molar-refractivity contribution in [2.24, 2.45) is 0 Å². The Morgan fingerprint density at radius 1 is 0.677 bits per heavy atom. The summed E-state index contributed by atoms with van der Waals surface area (Å²) in [5.41, 5.74) is 4.82. The van der Waals surface area contributed by atoms with Crippen molar-refractivity contribution in [1.82, 2.24) is 0 Å². The Balaban J connectivity index is 1.75. The normalized spacial score (nSPS) is 20.2. The molecule has 0 unspecified atom stereocenters. The lowest BCUT2D eigenvalue weighted by Gasteiger charge is -2.26. The predicted molar refractivity (Wildman–Crippen MR) is 111 cm³/mol. The first-order valence-electron chi connectivity index (χ1n) is 9.59. The van der Waals surface area contributed by atoms with E-state index in [1.807, 2.05) is 0 Å². The van der Waals surface area contributed by atoms with Gasteiger partial charge in [0.15, 0.2) is 0 Å². The van der Waals surface area contributed by atoms with E-state index in [1.165, 1.54) is 0 Å². The van der Waals surface area contributed by atoms with Gasteiger partial charge in [0, 0.05) is 5.39 Å². The molecule has 0 atom stereocenters. The highest BCUT2D eigenvalue weighted by Crippen LogP contribution is 2.43. The van der Waals surface area contributed by atoms with Crippen LogP contribution in [-0.2, 0) is 19.1 Å². The number of carbonyl (C=O) groups excluding carboxylic acids is 4. The quantitative estimate of drug-likeness (QED) is 0.486. The highest BCUT2D eigenvalue weighted by molar-refractivity contribution is 6.24. The molecule has 4 aliphatic rings. The van der Waals surface area contributed by atoms with E-state index in [4.69, 9.17) is 9.47 Å². The highest BCUT2D eigenvalue weighted by atomic mass is 16.6. The molecular weight excluding hydrogens is 396 g/mol. The minimum atomic E-state index is -0.693. The van der Waals surface area contributed by atoms with Gasteiger partial charge in [0.2, 0.25) is 0 Å². The van der Waals surface area contributed by atoms with Crippen LogP contribution in [-0.4, -0.2) is 23.9 Å². The zero-order valence-corrected chi connectivity index (χ0v) is 16.0. The van der Waals surface area contributed by atoms with Crippen LogP contribution in [0.4, 0.5) is 0 Å². The fourth-order valence-corrected chi connectivity index (χ4v) is 4.57. The molecular formula is C25H12O6. The third kappa shape index (κ3) is 2.27. The summed E-state index contributed by atoms with van der Waals surface area (Å²) >= 11 is 0. The van der Waals surface area contributed by atoms with Crippen molar-refractivity contribution in [3.8, 4) is 0 Å². The Bertz CT molecular complexity index is 1450. The summed E-state index contributed by atoms with van der Waals surface area (Å²) in [6.07, 6.45) is 7.05. The molecule has 2 heterocycles. The summed E-state index contributed by atoms with van der Waals surface area (Å²) in [5, 5.41) is 1.24. The second kappa shape index (κ2) is 5.86. The van der Waals surface area contributed by atoms with Crippen LogP contribution in [0.5, 0.6) is 0 Å². The fourth-order valence-electron chi connectivity index (χ4n) is 4.57. The molecule has 0 N–H and O–H groups in total. The molecule has 0 saturated heterocycles. The van der Waals surface area contributed by atoms with Crippen molar-refractivity contribution < 1.29 is 28.7 Å². The summed E-state index contributed by atoms with van der Waals surface area (Å²) < 4.78 is 9.77. The van der Waals surface area contributed by atoms with E-state index in [9.17, 15) is 19.2 Å². The molecule has 0 aromatic heterocycles. The van der Waals surface area contributed by atoms with Gasteiger partial charge in [-0.3, -0.25) is 0 Å². The van der Waals surface area contributed by atoms with Crippen molar-refractivity contribution in [1.29, 1.82) is 0 Å². The smallest absolute Gasteiger partial charge is 0.346 e. The Morgan fingerprint density at radius 3 is 2.03 bits per heavy atom. The van der Waals surface area contributed by atoms with E-state index >= 15 is 0 Å². The fraction of sp³-hybridized carbons (Fsp3) is 0.0400. The topological polar surface area (TPSA) is 86.7 Å². The molecule has 6 rings (SSSR count). The number of hydrogen-bond donors (Lipinski definition) is 0. The average molecular weight is 408 g/mol. The molecule has 6 heteroatoms. The second-order valence-electron chi connectivity index (χ2n) is 7.63. The number of hydrogen-bond acceptors (Lipinski definition) is 6. The predicted octanol–water partition coefficient (Wildman–Crippen LogP) is 3.83. The number of rotatable bonds is 0. The number of ether oxygens (including phenoxy) is 2. The lowest BCUT2D eigenvalue weighted by atomic mass is 9.80. The van der Waals surface area contributed by atoms with Crippen LogP contribution in [0.25, 0.3) is 21.9 Å². The van der Waals surface area contributed by atoms with E-state index in [1.54, 1.807) is 48.6 Å². The molecule has 6 nitrogen and oxygen atoms in total. The van der Waals surface area contributed by atoms with Crippen LogP contribution in [0.1, 0.15) is 38.3 Å². The Labute approximate surface area is 175 Å². The molecule has 0 spiro atoms. The summed E-state index contributed by atoms with van der Waals surface area (Å²) in [4.78, 5) is 49.4. The van der Waals surface area contributed by atoms with E-state index in [0.29, 0.717) is 50.6 Å². The molecule has 2 aliphatic heterocycles. The van der Waals surface area contributed by atoms with Gasteiger partial charge in [-0.1, -0.05) is 30.9 Å². The van der Waals surface area contributed by atoms with Crippen LogP contribution < -0.4 is 0 Å². The van der Waals surface area contributed by atoms with Crippen molar-refractivity contribution in [3.05, 3.63) is 94.1 Å². The van der Waals surface area contributed by atoms with E-state index in [0.717, 1.165) is 16.7 Å². The second-order valence-corrected chi connectivity index (χ2v) is 7.63. The van der Waals surface area contributed by atoms with E-state index in [-0.39, 0.29) is 0 Å². The zero-order valence-electron chi connectivity index (χ0n) is 16.0. The van der Waals surface area contributed by atoms with Gasteiger partial charge in [0.05, 0.1) is 22.3 Å². The Hall–Kier alpha value is -4.32. The molecule has 0 radical (unpaired) electrons. The van der Waals surface area contributed by atoms with Crippen LogP contribution in [0.3, 0.4) is 0 Å². The van der Waals surface area contributed by atoms with Gasteiger partial charge in [-0.25, -0.2) is 19.2 Å². The molecule has 0 amide bonds. The van der Waals surface area contributed by atoms with Gasteiger partial charge in [-0.15, -0.1) is 0 Å². The van der Waals surface area contributed by atoms with Gasteiger partial charge < -0.3 is 9.47 Å². The van der Waals surface area contributed by atoms with Gasteiger partial charge in [0.1, 0.15) is 0 Å². The molecule has 0 fully saturated rings. The Kier molecular flexibility index (Phi) is 3.31. The van der Waals surface area contributed by atoms with Crippen molar-refractivity contribution in [3.63, 3.8) is 0 Å². The molecule has 148 valence electrons. The first-order valence-corrected chi connectivity index (χ1v) is 9.59. The largest absolute Gasteiger partial charge is 0.386 e. The molecule has 2 bridgehead atoms. The summed E-state index contributed by atoms with van der Waals surface area (Å²) in [5.74, 6) is -2.74. The SMILES string of the molecule is C=C1/C=C\C2=C3CC(=CC=C3C(=O)OC2=O)c2ccc3c4c(ccc1c24)C(=O)OC3=O. The number of allylic oxidation sites excluding steroid dienone is 5. The maximum absolute atomic E-state index is 12.4. The zero-order chi connectivity index (χ0) is 21.4. The molecule has 2 aliphatic carbocycles. The molecule has 2 aromatic carbocycles. The number of esters is 4. The third-order valence-corrected chi connectivity index (χ3v) is 6.02. The van der Waals surface area contributed by atoms with Crippen molar-refractivity contribution >= 4 is 45.8 Å². The van der Waals surface area contributed by atoms with Crippen molar-refractivity contribution in [2.45, 2.75) is 6.42 Å². The number of cyclic esters (lactones) is 4.